The number of benzene rings is 2. The van der Waals surface area contributed by atoms with Gasteiger partial charge in [0.2, 0.25) is 0 Å². The van der Waals surface area contributed by atoms with Gasteiger partial charge in [-0.2, -0.15) is 0 Å². The minimum absolute atomic E-state index is 0. The molecule has 2 heterocycles. The van der Waals surface area contributed by atoms with E-state index in [1.165, 1.54) is 21.6 Å². The van der Waals surface area contributed by atoms with Crippen LogP contribution >= 0.6 is 8.58 Å². The molecular formula is C19H10O6PW+. The second-order valence-electron chi connectivity index (χ2n) is 4.07. The van der Waals surface area contributed by atoms with Crippen LogP contribution < -0.4 is 10.6 Å². The Balaban J connectivity index is -0.000000463. The van der Waals surface area contributed by atoms with Crippen LogP contribution in [0.25, 0.3) is 22.3 Å². The van der Waals surface area contributed by atoms with Gasteiger partial charge >= 0.3 is 56.5 Å². The molecule has 1 aliphatic heterocycles. The largest absolute Gasteiger partial charge is 0.452 e. The molecule has 1 atom stereocenters. The van der Waals surface area contributed by atoms with Crippen molar-refractivity contribution in [1.82, 2.24) is 0 Å². The van der Waals surface area contributed by atoms with Gasteiger partial charge in [-0.05, 0) is 24.3 Å². The van der Waals surface area contributed by atoms with Gasteiger partial charge < -0.3 is 4.42 Å². The Morgan fingerprint density at radius 2 is 1.15 bits per heavy atom. The molecule has 0 N–H and O–H groups in total. The van der Waals surface area contributed by atoms with E-state index >= 15 is 0 Å². The summed E-state index contributed by atoms with van der Waals surface area (Å²) in [4.78, 5) is 0. The molecule has 0 amide bonds. The predicted molar refractivity (Wildman–Crippen MR) is 90.3 cm³/mol. The van der Waals surface area contributed by atoms with Gasteiger partial charge in [0.25, 0.3) is 0 Å². The fraction of sp³-hybridized carbons (Fsp3) is 0. The van der Waals surface area contributed by atoms with E-state index in [1.807, 2.05) is 6.07 Å². The zero-order chi connectivity index (χ0) is 20.5. The molecule has 4 rings (SSSR count). The summed E-state index contributed by atoms with van der Waals surface area (Å²) in [5.41, 5.74) is 2.32. The van der Waals surface area contributed by atoms with E-state index in [0.29, 0.717) is 0 Å². The van der Waals surface area contributed by atoms with Crippen molar-refractivity contribution >= 4 is 30.2 Å². The van der Waals surface area contributed by atoms with Crippen LogP contribution in [0.3, 0.4) is 0 Å². The first-order chi connectivity index (χ1) is 12.9. The summed E-state index contributed by atoms with van der Waals surface area (Å²) in [7, 11) is 0.201. The number of furan rings is 1. The molecule has 1 unspecified atom stereocenters. The SMILES string of the molecule is [C-]#[O+].[C-]#[O+].[C-]#[O+].[C-]#[O+].[C-]#[O+].[W].c1ccc2c(c1)[PH2+]c1c-2oc2ccccc12. The maximum absolute atomic E-state index is 7.50. The summed E-state index contributed by atoms with van der Waals surface area (Å²) in [6.07, 6.45) is 0. The molecule has 3 aromatic rings. The Labute approximate surface area is 172 Å². The summed E-state index contributed by atoms with van der Waals surface area (Å²) >= 11 is 0. The van der Waals surface area contributed by atoms with Gasteiger partial charge in [0.05, 0.1) is 19.5 Å². The molecule has 132 valence electrons. The summed E-state index contributed by atoms with van der Waals surface area (Å²) in [6.45, 7) is 22.5. The molecule has 0 radical (unpaired) electrons. The number of rotatable bonds is 0. The molecule has 0 spiro atoms. The van der Waals surface area contributed by atoms with E-state index in [0.717, 1.165) is 11.3 Å². The second-order valence-corrected chi connectivity index (χ2v) is 5.56. The van der Waals surface area contributed by atoms with Crippen LogP contribution in [0.4, 0.5) is 0 Å². The average Bonchev–Trinajstić information content (AvgIpc) is 3.32. The first kappa shape index (κ1) is 29.6. The fourth-order valence-electron chi connectivity index (χ4n) is 2.39. The van der Waals surface area contributed by atoms with E-state index in [1.54, 1.807) is 0 Å². The van der Waals surface area contributed by atoms with Gasteiger partial charge in [-0.25, -0.2) is 0 Å². The Morgan fingerprint density at radius 3 is 1.74 bits per heavy atom. The van der Waals surface area contributed by atoms with Crippen molar-refractivity contribution in [2.24, 2.45) is 0 Å². The van der Waals surface area contributed by atoms with Gasteiger partial charge in [0.1, 0.15) is 16.2 Å². The summed E-state index contributed by atoms with van der Waals surface area (Å²) in [5, 5.41) is 4.18. The Morgan fingerprint density at radius 1 is 0.667 bits per heavy atom. The third-order valence-electron chi connectivity index (χ3n) is 3.14. The fourth-order valence-corrected chi connectivity index (χ4v) is 4.03. The van der Waals surface area contributed by atoms with Crippen LogP contribution in [0.15, 0.2) is 52.9 Å². The monoisotopic (exact) mass is 549 g/mol. The van der Waals surface area contributed by atoms with Crippen molar-refractivity contribution in [3.8, 4) is 11.3 Å². The summed E-state index contributed by atoms with van der Waals surface area (Å²) in [5.74, 6) is 1.10. The number of para-hydroxylation sites is 1. The molecule has 6 nitrogen and oxygen atoms in total. The third kappa shape index (κ3) is 7.14. The normalized spacial score (nSPS) is 8.81. The number of hydrogen-bond donors (Lipinski definition) is 0. The van der Waals surface area contributed by atoms with E-state index < -0.39 is 0 Å². The standard InChI is InChI=1S/C14H9OP.5CO.W/c1-3-7-11-9(5-1)14-13(15-11)10-6-2-4-8-12(10)16-14;5*1-2;/h1-8,16H;;;;;;/p+1. The van der Waals surface area contributed by atoms with E-state index in [9.17, 15) is 0 Å². The number of fused-ring (bicyclic) bond motifs is 5. The molecule has 0 bridgehead atoms. The Kier molecular flexibility index (Phi) is 20.3. The van der Waals surface area contributed by atoms with Crippen molar-refractivity contribution in [2.75, 3.05) is 0 Å². The maximum Gasteiger partial charge on any atom is 0.181 e. The van der Waals surface area contributed by atoms with Crippen LogP contribution in [-0.2, 0) is 44.3 Å². The van der Waals surface area contributed by atoms with E-state index in [2.05, 4.69) is 75.7 Å². The predicted octanol–water partition coefficient (Wildman–Crippen LogP) is 2.58. The summed E-state index contributed by atoms with van der Waals surface area (Å²) < 4.78 is 43.5. The molecule has 0 aliphatic carbocycles. The zero-order valence-electron chi connectivity index (χ0n) is 13.6. The van der Waals surface area contributed by atoms with E-state index in [-0.39, 0.29) is 29.6 Å². The van der Waals surface area contributed by atoms with Crippen molar-refractivity contribution in [2.45, 2.75) is 0 Å². The first-order valence-corrected chi connectivity index (χ1v) is 7.57. The molecule has 1 aromatic heterocycles. The van der Waals surface area contributed by atoms with Crippen LogP contribution in [0.2, 0.25) is 0 Å². The van der Waals surface area contributed by atoms with Gasteiger partial charge in [-0.1, -0.05) is 24.3 Å². The molecule has 0 saturated heterocycles. The molecule has 27 heavy (non-hydrogen) atoms. The summed E-state index contributed by atoms with van der Waals surface area (Å²) in [6, 6.07) is 16.9. The van der Waals surface area contributed by atoms with Gasteiger partial charge in [0, 0.05) is 21.1 Å². The first-order valence-electron chi connectivity index (χ1n) is 6.41. The van der Waals surface area contributed by atoms with Crippen LogP contribution in [0, 0.1) is 33.3 Å². The molecular weight excluding hydrogens is 539 g/mol. The molecule has 8 heteroatoms. The Bertz CT molecular complexity index is 886. The van der Waals surface area contributed by atoms with Crippen LogP contribution in [-0.4, -0.2) is 0 Å². The number of hydrogen-bond acceptors (Lipinski definition) is 1. The molecule has 1 aliphatic rings. The quantitative estimate of drug-likeness (QED) is 0.188. The van der Waals surface area contributed by atoms with Gasteiger partial charge in [0.15, 0.2) is 5.76 Å². The maximum atomic E-state index is 7.50. The Hall–Kier alpha value is -2.20. The third-order valence-corrected chi connectivity index (χ3v) is 4.82. The topological polar surface area (TPSA) is 113 Å². The van der Waals surface area contributed by atoms with Crippen LogP contribution in [0.1, 0.15) is 0 Å². The second kappa shape index (κ2) is 18.6. The average molecular weight is 549 g/mol. The van der Waals surface area contributed by atoms with Crippen LogP contribution in [0.5, 0.6) is 0 Å². The minimum Gasteiger partial charge on any atom is -0.452 e. The molecule has 0 fully saturated rings. The van der Waals surface area contributed by atoms with Crippen molar-refractivity contribution in [3.63, 3.8) is 0 Å². The van der Waals surface area contributed by atoms with E-state index in [4.69, 9.17) is 27.7 Å². The molecule has 0 saturated carbocycles. The zero-order valence-corrected chi connectivity index (χ0v) is 17.6. The van der Waals surface area contributed by atoms with Crippen molar-refractivity contribution < 1.29 is 48.7 Å². The van der Waals surface area contributed by atoms with Crippen molar-refractivity contribution in [3.05, 3.63) is 81.8 Å². The smallest absolute Gasteiger partial charge is 0.181 e. The minimum atomic E-state index is 0. The van der Waals surface area contributed by atoms with Gasteiger partial charge in [-0.15, -0.1) is 0 Å². The van der Waals surface area contributed by atoms with Gasteiger partial charge in [-0.3, -0.25) is 0 Å². The van der Waals surface area contributed by atoms with Crippen molar-refractivity contribution in [1.29, 1.82) is 0 Å². The molecule has 2 aromatic carbocycles.